The summed E-state index contributed by atoms with van der Waals surface area (Å²) in [5.41, 5.74) is 1.03. The fraction of sp³-hybridized carbons (Fsp3) is 0.375. The summed E-state index contributed by atoms with van der Waals surface area (Å²) in [6.45, 7) is 4.05. The van der Waals surface area contributed by atoms with Gasteiger partial charge in [-0.25, -0.2) is 4.39 Å². The lowest BCUT2D eigenvalue weighted by Gasteiger charge is -2.30. The molecule has 1 unspecified atom stereocenters. The zero-order chi connectivity index (χ0) is 14.7. The van der Waals surface area contributed by atoms with E-state index in [2.05, 4.69) is 38.3 Å². The molecular formula is C16H18BrFN2S. The van der Waals surface area contributed by atoms with Crippen molar-refractivity contribution in [3.05, 3.63) is 56.4 Å². The number of hydrogen-bond acceptors (Lipinski definition) is 3. The summed E-state index contributed by atoms with van der Waals surface area (Å²) in [6, 6.07) is 11.4. The lowest BCUT2D eigenvalue weighted by molar-refractivity contribution is 0.243. The normalized spacial score (nSPS) is 18.4. The van der Waals surface area contributed by atoms with E-state index in [9.17, 15) is 4.39 Å². The summed E-state index contributed by atoms with van der Waals surface area (Å²) in [5.74, 6) is -0.166. The molecule has 0 aliphatic carbocycles. The fourth-order valence-electron chi connectivity index (χ4n) is 2.83. The van der Waals surface area contributed by atoms with Crippen LogP contribution in [0.1, 0.15) is 22.9 Å². The van der Waals surface area contributed by atoms with E-state index in [-0.39, 0.29) is 11.9 Å². The van der Waals surface area contributed by atoms with Crippen molar-refractivity contribution in [1.29, 1.82) is 0 Å². The third-order valence-electron chi connectivity index (χ3n) is 3.77. The van der Waals surface area contributed by atoms with Crippen LogP contribution in [-0.2, 0) is 0 Å². The summed E-state index contributed by atoms with van der Waals surface area (Å²) in [6.07, 6.45) is 1.12. The van der Waals surface area contributed by atoms with E-state index in [1.807, 2.05) is 6.07 Å². The maximum absolute atomic E-state index is 13.7. The van der Waals surface area contributed by atoms with Gasteiger partial charge in [-0.1, -0.05) is 12.1 Å². The van der Waals surface area contributed by atoms with E-state index < -0.39 is 0 Å². The van der Waals surface area contributed by atoms with Gasteiger partial charge < -0.3 is 5.32 Å². The van der Waals surface area contributed by atoms with Gasteiger partial charge in [0.15, 0.2) is 0 Å². The molecule has 0 spiro atoms. The lowest BCUT2D eigenvalue weighted by Crippen LogP contribution is -2.32. The zero-order valence-electron chi connectivity index (χ0n) is 11.7. The Hall–Kier alpha value is -0.750. The highest BCUT2D eigenvalue weighted by Crippen LogP contribution is 2.35. The van der Waals surface area contributed by atoms with Crippen molar-refractivity contribution < 1.29 is 4.39 Å². The molecule has 1 atom stereocenters. The molecule has 1 aliphatic heterocycles. The molecule has 2 nitrogen and oxygen atoms in total. The van der Waals surface area contributed by atoms with Crippen molar-refractivity contribution in [3.63, 3.8) is 0 Å². The minimum atomic E-state index is -0.166. The SMILES string of the molecule is Fc1cccc(C(c2ccc(Br)s2)N2CCCNCC2)c1. The monoisotopic (exact) mass is 368 g/mol. The third-order valence-corrected chi connectivity index (χ3v) is 5.44. The van der Waals surface area contributed by atoms with Gasteiger partial charge in [0.1, 0.15) is 5.82 Å². The Kier molecular flexibility index (Phi) is 5.06. The number of benzene rings is 1. The van der Waals surface area contributed by atoms with Gasteiger partial charge in [0, 0.05) is 24.5 Å². The van der Waals surface area contributed by atoms with Crippen LogP contribution < -0.4 is 5.32 Å². The second-order valence-corrected chi connectivity index (χ2v) is 7.73. The standard InChI is InChI=1S/C16H18BrFN2S/c17-15-6-5-14(21-15)16(12-3-1-4-13(18)11-12)20-9-2-7-19-8-10-20/h1,3-6,11,16,19H,2,7-10H2. The van der Waals surface area contributed by atoms with Crippen LogP contribution >= 0.6 is 27.3 Å². The molecule has 0 bridgehead atoms. The smallest absolute Gasteiger partial charge is 0.123 e. The van der Waals surface area contributed by atoms with Crippen molar-refractivity contribution in [2.24, 2.45) is 0 Å². The van der Waals surface area contributed by atoms with Crippen molar-refractivity contribution in [1.82, 2.24) is 10.2 Å². The molecule has 0 radical (unpaired) electrons. The van der Waals surface area contributed by atoms with Crippen LogP contribution in [0.25, 0.3) is 0 Å². The summed E-state index contributed by atoms with van der Waals surface area (Å²) < 4.78 is 14.8. The highest BCUT2D eigenvalue weighted by Gasteiger charge is 2.24. The number of halogens is 2. The first kappa shape index (κ1) is 15.2. The van der Waals surface area contributed by atoms with E-state index in [0.29, 0.717) is 0 Å². The van der Waals surface area contributed by atoms with Crippen molar-refractivity contribution in [3.8, 4) is 0 Å². The minimum Gasteiger partial charge on any atom is -0.315 e. The van der Waals surface area contributed by atoms with Crippen LogP contribution in [-0.4, -0.2) is 31.1 Å². The molecule has 0 amide bonds. The largest absolute Gasteiger partial charge is 0.315 e. The van der Waals surface area contributed by atoms with Crippen LogP contribution in [0.2, 0.25) is 0 Å². The Morgan fingerprint density at radius 3 is 2.86 bits per heavy atom. The van der Waals surface area contributed by atoms with Gasteiger partial charge in [-0.15, -0.1) is 11.3 Å². The van der Waals surface area contributed by atoms with Crippen molar-refractivity contribution in [2.75, 3.05) is 26.2 Å². The number of rotatable bonds is 3. The van der Waals surface area contributed by atoms with Crippen LogP contribution in [0.4, 0.5) is 4.39 Å². The Labute approximate surface area is 137 Å². The molecule has 1 aromatic carbocycles. The molecule has 2 aromatic rings. The molecule has 3 rings (SSSR count). The molecule has 21 heavy (non-hydrogen) atoms. The number of nitrogens with zero attached hydrogens (tertiary/aromatic N) is 1. The summed E-state index contributed by atoms with van der Waals surface area (Å²) in [4.78, 5) is 3.71. The first-order chi connectivity index (χ1) is 10.2. The van der Waals surface area contributed by atoms with Gasteiger partial charge in [-0.3, -0.25) is 4.90 Å². The average Bonchev–Trinajstić information content (AvgIpc) is 2.73. The van der Waals surface area contributed by atoms with Crippen LogP contribution in [0.15, 0.2) is 40.2 Å². The Morgan fingerprint density at radius 1 is 1.19 bits per heavy atom. The van der Waals surface area contributed by atoms with E-state index in [1.54, 1.807) is 23.5 Å². The predicted molar refractivity (Wildman–Crippen MR) is 89.3 cm³/mol. The third kappa shape index (κ3) is 3.72. The van der Waals surface area contributed by atoms with Gasteiger partial charge in [-0.2, -0.15) is 0 Å². The highest BCUT2D eigenvalue weighted by molar-refractivity contribution is 9.11. The van der Waals surface area contributed by atoms with Gasteiger partial charge >= 0.3 is 0 Å². The van der Waals surface area contributed by atoms with Crippen LogP contribution in [0.3, 0.4) is 0 Å². The van der Waals surface area contributed by atoms with Gasteiger partial charge in [0.2, 0.25) is 0 Å². The maximum Gasteiger partial charge on any atom is 0.123 e. The van der Waals surface area contributed by atoms with E-state index in [1.165, 1.54) is 10.9 Å². The molecule has 1 fully saturated rings. The number of thiophene rings is 1. The second kappa shape index (κ2) is 7.01. The Balaban J connectivity index is 1.97. The molecule has 1 N–H and O–H groups in total. The molecule has 1 saturated heterocycles. The molecule has 112 valence electrons. The molecule has 1 aliphatic rings. The van der Waals surface area contributed by atoms with E-state index in [0.717, 1.165) is 41.9 Å². The number of nitrogens with one attached hydrogen (secondary N) is 1. The van der Waals surface area contributed by atoms with Crippen LogP contribution in [0, 0.1) is 5.82 Å². The average molecular weight is 369 g/mol. The van der Waals surface area contributed by atoms with Gasteiger partial charge in [0.25, 0.3) is 0 Å². The molecule has 0 saturated carbocycles. The van der Waals surface area contributed by atoms with Gasteiger partial charge in [-0.05, 0) is 58.7 Å². The predicted octanol–water partition coefficient (Wildman–Crippen LogP) is 4.03. The molecule has 1 aromatic heterocycles. The fourth-order valence-corrected chi connectivity index (χ4v) is 4.42. The first-order valence-electron chi connectivity index (χ1n) is 7.19. The maximum atomic E-state index is 13.7. The Morgan fingerprint density at radius 2 is 2.10 bits per heavy atom. The summed E-state index contributed by atoms with van der Waals surface area (Å²) >= 11 is 5.27. The summed E-state index contributed by atoms with van der Waals surface area (Å²) in [5, 5.41) is 3.43. The molecule has 5 heteroatoms. The first-order valence-corrected chi connectivity index (χ1v) is 8.80. The quantitative estimate of drug-likeness (QED) is 0.879. The zero-order valence-corrected chi connectivity index (χ0v) is 14.1. The minimum absolute atomic E-state index is 0.136. The van der Waals surface area contributed by atoms with Crippen molar-refractivity contribution >= 4 is 27.3 Å². The molecular weight excluding hydrogens is 351 g/mol. The Bertz CT molecular complexity index is 593. The second-order valence-electron chi connectivity index (χ2n) is 5.24. The molecule has 2 heterocycles. The van der Waals surface area contributed by atoms with Crippen molar-refractivity contribution in [2.45, 2.75) is 12.5 Å². The highest BCUT2D eigenvalue weighted by atomic mass is 79.9. The van der Waals surface area contributed by atoms with E-state index >= 15 is 0 Å². The van der Waals surface area contributed by atoms with Crippen LogP contribution in [0.5, 0.6) is 0 Å². The van der Waals surface area contributed by atoms with Gasteiger partial charge in [0.05, 0.1) is 9.83 Å². The number of hydrogen-bond donors (Lipinski definition) is 1. The summed E-state index contributed by atoms with van der Waals surface area (Å²) in [7, 11) is 0. The lowest BCUT2D eigenvalue weighted by atomic mass is 10.0. The van der Waals surface area contributed by atoms with E-state index in [4.69, 9.17) is 0 Å². The topological polar surface area (TPSA) is 15.3 Å².